The van der Waals surface area contributed by atoms with Crippen molar-refractivity contribution in [3.05, 3.63) is 0 Å². The highest BCUT2D eigenvalue weighted by molar-refractivity contribution is 7.93. The average Bonchev–Trinajstić information content (AvgIpc) is 1.41. The molecule has 0 aromatic rings. The van der Waals surface area contributed by atoms with Gasteiger partial charge in [0.25, 0.3) is 0 Å². The summed E-state index contributed by atoms with van der Waals surface area (Å²) in [5.41, 5.74) is 0. The van der Waals surface area contributed by atoms with E-state index in [1.807, 2.05) is 0 Å². The molecule has 0 N–H and O–H groups in total. The minimum atomic E-state index is 0.867. The quantitative estimate of drug-likeness (QED) is 0.263. The highest BCUT2D eigenvalue weighted by Gasteiger charge is 1.59. The van der Waals surface area contributed by atoms with Gasteiger partial charge in [-0.05, 0) is 0 Å². The summed E-state index contributed by atoms with van der Waals surface area (Å²) in [4.78, 5) is 0. The first-order chi connectivity index (χ1) is 2.41. The van der Waals surface area contributed by atoms with Crippen LogP contribution in [0.5, 0.6) is 0 Å². The lowest BCUT2D eigenvalue weighted by Gasteiger charge is -1.96. The summed E-state index contributed by atoms with van der Waals surface area (Å²) in [6, 6.07) is 0. The van der Waals surface area contributed by atoms with Crippen molar-refractivity contribution >= 4 is 12.0 Å². The van der Waals surface area contributed by atoms with Gasteiger partial charge in [0.05, 0.1) is 0 Å². The van der Waals surface area contributed by atoms with Crippen molar-refractivity contribution in [3.8, 4) is 0 Å². The fraction of sp³-hybridized carbons (Fsp3) is 1.00. The first kappa shape index (κ1) is 5.23. The SMILES string of the molecule is CSOO[O-]. The maximum absolute atomic E-state index is 8.79. The monoisotopic (exact) mass is 95.0 g/mol. The standard InChI is InChI=1S/CH4O3S/c1-5-4-3-2/h2H,1H3/p-1. The molecule has 0 rings (SSSR count). The Labute approximate surface area is 34.0 Å². The fourth-order valence-corrected chi connectivity index (χ4v) is 0.0833. The first-order valence-electron chi connectivity index (χ1n) is 0.908. The lowest BCUT2D eigenvalue weighted by Crippen LogP contribution is -2.00. The summed E-state index contributed by atoms with van der Waals surface area (Å²) in [5, 5.41) is 11.7. The zero-order chi connectivity index (χ0) is 4.12. The van der Waals surface area contributed by atoms with Gasteiger partial charge in [0.2, 0.25) is 0 Å². The Hall–Kier alpha value is 0.230. The largest absolute Gasteiger partial charge is 0.691 e. The lowest BCUT2D eigenvalue weighted by molar-refractivity contribution is -0.777. The summed E-state index contributed by atoms with van der Waals surface area (Å²) >= 11 is 0.867. The third kappa shape index (κ3) is 4.23. The van der Waals surface area contributed by atoms with Crippen LogP contribution in [0.15, 0.2) is 0 Å². The van der Waals surface area contributed by atoms with Gasteiger partial charge in [0.1, 0.15) is 0 Å². The Bertz CT molecular complexity index is 14.4. The third-order valence-electron chi connectivity index (χ3n) is 0.0958. The lowest BCUT2D eigenvalue weighted by atomic mass is 12.0. The van der Waals surface area contributed by atoms with E-state index in [-0.39, 0.29) is 0 Å². The molecule has 0 bridgehead atoms. The van der Waals surface area contributed by atoms with Crippen molar-refractivity contribution in [1.82, 2.24) is 0 Å². The van der Waals surface area contributed by atoms with Crippen molar-refractivity contribution in [2.75, 3.05) is 6.26 Å². The highest BCUT2D eigenvalue weighted by Crippen LogP contribution is 1.88. The van der Waals surface area contributed by atoms with Crippen molar-refractivity contribution in [1.29, 1.82) is 0 Å². The highest BCUT2D eigenvalue weighted by atomic mass is 32.2. The molecule has 5 heavy (non-hydrogen) atoms. The zero-order valence-corrected chi connectivity index (χ0v) is 3.45. The molecule has 0 fully saturated rings. The van der Waals surface area contributed by atoms with Crippen LogP contribution in [-0.4, -0.2) is 6.26 Å². The predicted molar refractivity (Wildman–Crippen MR) is 15.7 cm³/mol. The molecule has 0 amide bonds. The van der Waals surface area contributed by atoms with E-state index in [9.17, 15) is 0 Å². The van der Waals surface area contributed by atoms with E-state index in [2.05, 4.69) is 9.37 Å². The van der Waals surface area contributed by atoms with E-state index in [0.29, 0.717) is 0 Å². The molecule has 0 saturated heterocycles. The van der Waals surface area contributed by atoms with Gasteiger partial charge in [-0.25, -0.2) is 0 Å². The normalized spacial score (nSPS) is 8.40. The van der Waals surface area contributed by atoms with Crippen LogP contribution in [0.25, 0.3) is 0 Å². The second-order valence-electron chi connectivity index (χ2n) is 0.303. The number of rotatable bonds is 2. The molecule has 0 aromatic heterocycles. The average molecular weight is 95.1 g/mol. The second-order valence-corrected chi connectivity index (χ2v) is 0.772. The van der Waals surface area contributed by atoms with Gasteiger partial charge in [0, 0.05) is 18.3 Å². The van der Waals surface area contributed by atoms with E-state index < -0.39 is 0 Å². The zero-order valence-electron chi connectivity index (χ0n) is 2.63. The summed E-state index contributed by atoms with van der Waals surface area (Å²) < 4.78 is 3.69. The maximum Gasteiger partial charge on any atom is 0.0271 e. The Kier molecular flexibility index (Phi) is 4.42. The molecule has 0 aliphatic rings. The van der Waals surface area contributed by atoms with Crippen LogP contribution in [-0.2, 0) is 9.37 Å². The van der Waals surface area contributed by atoms with E-state index >= 15 is 0 Å². The van der Waals surface area contributed by atoms with E-state index in [1.54, 1.807) is 6.26 Å². The Morgan fingerprint density at radius 2 is 2.40 bits per heavy atom. The molecular weight excluding hydrogens is 92.1 g/mol. The van der Waals surface area contributed by atoms with Crippen LogP contribution in [0.1, 0.15) is 0 Å². The van der Waals surface area contributed by atoms with Gasteiger partial charge in [-0.2, -0.15) is 4.33 Å². The van der Waals surface area contributed by atoms with Gasteiger partial charge in [-0.3, -0.25) is 5.04 Å². The number of hydrogen-bond donors (Lipinski definition) is 0. The Morgan fingerprint density at radius 3 is 2.40 bits per heavy atom. The molecule has 0 atom stereocenters. The molecule has 0 spiro atoms. The molecule has 0 aromatic carbocycles. The van der Waals surface area contributed by atoms with E-state index in [4.69, 9.17) is 5.26 Å². The molecule has 0 unspecified atom stereocenters. The molecule has 32 valence electrons. The summed E-state index contributed by atoms with van der Waals surface area (Å²) in [6.45, 7) is 0. The molecule has 4 heteroatoms. The van der Waals surface area contributed by atoms with Gasteiger partial charge < -0.3 is 5.26 Å². The molecule has 0 saturated carbocycles. The van der Waals surface area contributed by atoms with Crippen LogP contribution in [0, 0.1) is 0 Å². The summed E-state index contributed by atoms with van der Waals surface area (Å²) in [7, 11) is 0. The minimum Gasteiger partial charge on any atom is -0.691 e. The third-order valence-corrected chi connectivity index (χ3v) is 0.287. The predicted octanol–water partition coefficient (Wildman–Crippen LogP) is -0.512. The maximum atomic E-state index is 8.79. The Balaban J connectivity index is 2.19. The Morgan fingerprint density at radius 1 is 1.80 bits per heavy atom. The second kappa shape index (κ2) is 4.23. The van der Waals surface area contributed by atoms with Crippen LogP contribution in [0.3, 0.4) is 0 Å². The van der Waals surface area contributed by atoms with Crippen LogP contribution in [0.2, 0.25) is 0 Å². The smallest absolute Gasteiger partial charge is 0.0271 e. The van der Waals surface area contributed by atoms with E-state index in [0.717, 1.165) is 12.0 Å². The minimum absolute atomic E-state index is 0.867. The fourth-order valence-electron chi connectivity index (χ4n) is 0.0278. The van der Waals surface area contributed by atoms with Gasteiger partial charge in [-0.15, -0.1) is 0 Å². The summed E-state index contributed by atoms with van der Waals surface area (Å²) in [6.07, 6.45) is 1.58. The van der Waals surface area contributed by atoms with Gasteiger partial charge >= 0.3 is 0 Å². The van der Waals surface area contributed by atoms with Crippen molar-refractivity contribution in [2.24, 2.45) is 0 Å². The molecule has 0 aliphatic carbocycles. The summed E-state index contributed by atoms with van der Waals surface area (Å²) in [5.74, 6) is 0. The first-order valence-corrected chi connectivity index (χ1v) is 2.06. The van der Waals surface area contributed by atoms with Crippen molar-refractivity contribution < 1.29 is 14.6 Å². The van der Waals surface area contributed by atoms with Crippen molar-refractivity contribution in [3.63, 3.8) is 0 Å². The topological polar surface area (TPSA) is 41.5 Å². The van der Waals surface area contributed by atoms with Gasteiger partial charge in [0.15, 0.2) is 0 Å². The van der Waals surface area contributed by atoms with Crippen molar-refractivity contribution in [2.45, 2.75) is 0 Å². The molecule has 3 nitrogen and oxygen atoms in total. The molecule has 0 aliphatic heterocycles. The van der Waals surface area contributed by atoms with Crippen LogP contribution < -0.4 is 5.26 Å². The molecular formula is CH3O3S-. The molecule has 0 radical (unpaired) electrons. The number of hydrogen-bond acceptors (Lipinski definition) is 4. The van der Waals surface area contributed by atoms with Gasteiger partial charge in [-0.1, -0.05) is 0 Å². The van der Waals surface area contributed by atoms with Crippen LogP contribution in [0.4, 0.5) is 0 Å². The molecule has 0 heterocycles. The van der Waals surface area contributed by atoms with Crippen LogP contribution >= 0.6 is 12.0 Å². The van der Waals surface area contributed by atoms with E-state index in [1.165, 1.54) is 0 Å².